The van der Waals surface area contributed by atoms with E-state index in [0.29, 0.717) is 5.56 Å². The van der Waals surface area contributed by atoms with Crippen LogP contribution in [0.4, 0.5) is 11.5 Å². The van der Waals surface area contributed by atoms with E-state index in [1.807, 2.05) is 44.3 Å². The van der Waals surface area contributed by atoms with Crippen LogP contribution in [0.15, 0.2) is 41.0 Å². The minimum atomic E-state index is -0.156. The molecule has 0 fully saturated rings. The van der Waals surface area contributed by atoms with Crippen LogP contribution in [0, 0.1) is 6.92 Å². The second kappa shape index (κ2) is 8.11. The third kappa shape index (κ3) is 4.79. The van der Waals surface area contributed by atoms with Crippen molar-refractivity contribution in [2.24, 2.45) is 0 Å². The molecular weight excluding hydrogens is 354 g/mol. The van der Waals surface area contributed by atoms with Gasteiger partial charge in [0.2, 0.25) is 0 Å². The van der Waals surface area contributed by atoms with Gasteiger partial charge in [-0.1, -0.05) is 35.3 Å². The molecule has 0 saturated heterocycles. The Morgan fingerprint density at radius 3 is 2.70 bits per heavy atom. The van der Waals surface area contributed by atoms with Gasteiger partial charge in [0.15, 0.2) is 0 Å². The van der Waals surface area contributed by atoms with Crippen molar-refractivity contribution < 1.29 is 4.79 Å². The highest BCUT2D eigenvalue weighted by Gasteiger charge is 2.09. The highest BCUT2D eigenvalue weighted by molar-refractivity contribution is 9.10. The summed E-state index contributed by atoms with van der Waals surface area (Å²) < 4.78 is 0.973. The van der Waals surface area contributed by atoms with Crippen LogP contribution >= 0.6 is 15.9 Å². The van der Waals surface area contributed by atoms with Crippen molar-refractivity contribution >= 4 is 33.3 Å². The lowest BCUT2D eigenvalue weighted by atomic mass is 10.2. The second-order valence-corrected chi connectivity index (χ2v) is 6.45. The Kier molecular flexibility index (Phi) is 6.16. The van der Waals surface area contributed by atoms with Gasteiger partial charge < -0.3 is 10.2 Å². The maximum absolute atomic E-state index is 12.3. The first-order chi connectivity index (χ1) is 11.0. The van der Waals surface area contributed by atoms with Crippen LogP contribution in [0.1, 0.15) is 35.7 Å². The number of nitrogens with one attached hydrogen (secondary N) is 1. The Labute approximate surface area is 146 Å². The monoisotopic (exact) mass is 375 g/mol. The van der Waals surface area contributed by atoms with Crippen LogP contribution in [-0.2, 0) is 0 Å². The van der Waals surface area contributed by atoms with Crippen LogP contribution in [0.2, 0.25) is 0 Å². The van der Waals surface area contributed by atoms with Crippen LogP contribution < -0.4 is 10.2 Å². The fourth-order valence-corrected chi connectivity index (χ4v) is 2.51. The number of carbonyl (C=O) groups excluding carboxylic acids is 1. The van der Waals surface area contributed by atoms with Crippen molar-refractivity contribution in [1.29, 1.82) is 0 Å². The first-order valence-electron chi connectivity index (χ1n) is 7.76. The fourth-order valence-electron chi connectivity index (χ4n) is 2.13. The molecule has 0 bridgehead atoms. The number of benzene rings is 1. The van der Waals surface area contributed by atoms with E-state index in [9.17, 15) is 4.79 Å². The number of aryl methyl sites for hydroxylation is 1. The summed E-state index contributed by atoms with van der Waals surface area (Å²) in [5, 5.41) is 2.89. The Morgan fingerprint density at radius 2 is 2.09 bits per heavy atom. The van der Waals surface area contributed by atoms with E-state index < -0.39 is 0 Å². The standard InChI is InChI=1S/C18H22BrN3O/c1-4-5-10-22(3)17-9-7-14(12-20-17)18(23)21-15-8-6-13(2)16(19)11-15/h6-9,11-12H,4-5,10H2,1-3H3,(H,21,23). The summed E-state index contributed by atoms with van der Waals surface area (Å²) in [6.07, 6.45) is 3.90. The fraction of sp³-hybridized carbons (Fsp3) is 0.333. The zero-order valence-corrected chi connectivity index (χ0v) is 15.4. The van der Waals surface area contributed by atoms with E-state index in [2.05, 4.69) is 38.1 Å². The molecule has 0 saturated carbocycles. The number of hydrogen-bond acceptors (Lipinski definition) is 3. The number of pyridine rings is 1. The number of carbonyl (C=O) groups is 1. The normalized spacial score (nSPS) is 10.4. The molecule has 0 aliphatic carbocycles. The first kappa shape index (κ1) is 17.5. The van der Waals surface area contributed by atoms with Gasteiger partial charge in [0, 0.05) is 29.9 Å². The molecule has 2 rings (SSSR count). The van der Waals surface area contributed by atoms with Gasteiger partial charge in [-0.05, 0) is 43.2 Å². The van der Waals surface area contributed by atoms with Crippen molar-refractivity contribution in [3.63, 3.8) is 0 Å². The highest BCUT2D eigenvalue weighted by atomic mass is 79.9. The summed E-state index contributed by atoms with van der Waals surface area (Å²) in [4.78, 5) is 18.8. The van der Waals surface area contributed by atoms with E-state index >= 15 is 0 Å². The molecule has 0 atom stereocenters. The van der Waals surface area contributed by atoms with Gasteiger partial charge in [-0.15, -0.1) is 0 Å². The molecule has 1 aromatic carbocycles. The summed E-state index contributed by atoms with van der Waals surface area (Å²) in [6, 6.07) is 9.44. The van der Waals surface area contributed by atoms with Crippen LogP contribution in [-0.4, -0.2) is 24.5 Å². The Bertz CT molecular complexity index is 670. The lowest BCUT2D eigenvalue weighted by Gasteiger charge is -2.17. The van der Waals surface area contributed by atoms with E-state index in [1.165, 1.54) is 0 Å². The summed E-state index contributed by atoms with van der Waals surface area (Å²) in [5.74, 6) is 0.726. The van der Waals surface area contributed by atoms with Gasteiger partial charge in [0.25, 0.3) is 5.91 Å². The van der Waals surface area contributed by atoms with Gasteiger partial charge in [0.05, 0.1) is 5.56 Å². The van der Waals surface area contributed by atoms with Gasteiger partial charge in [-0.3, -0.25) is 4.79 Å². The second-order valence-electron chi connectivity index (χ2n) is 5.60. The summed E-state index contributed by atoms with van der Waals surface area (Å²) in [6.45, 7) is 5.14. The predicted molar refractivity (Wildman–Crippen MR) is 99.2 cm³/mol. The maximum atomic E-state index is 12.3. The van der Waals surface area contributed by atoms with Crippen LogP contribution in [0.5, 0.6) is 0 Å². The number of unbranched alkanes of at least 4 members (excludes halogenated alkanes) is 1. The molecule has 0 spiro atoms. The van der Waals surface area contributed by atoms with E-state index in [-0.39, 0.29) is 5.91 Å². The zero-order valence-electron chi connectivity index (χ0n) is 13.8. The molecule has 0 aliphatic heterocycles. The number of nitrogens with zero attached hydrogens (tertiary/aromatic N) is 2. The molecule has 122 valence electrons. The van der Waals surface area contributed by atoms with E-state index in [1.54, 1.807) is 6.20 Å². The van der Waals surface area contributed by atoms with Crippen molar-refractivity contribution in [1.82, 2.24) is 4.98 Å². The average molecular weight is 376 g/mol. The quantitative estimate of drug-likeness (QED) is 0.799. The Morgan fingerprint density at radius 1 is 1.30 bits per heavy atom. The number of rotatable bonds is 6. The smallest absolute Gasteiger partial charge is 0.257 e. The molecule has 1 aromatic heterocycles. The third-order valence-corrected chi connectivity index (χ3v) is 4.53. The van der Waals surface area contributed by atoms with Gasteiger partial charge >= 0.3 is 0 Å². The summed E-state index contributed by atoms with van der Waals surface area (Å²) in [7, 11) is 2.02. The summed E-state index contributed by atoms with van der Waals surface area (Å²) >= 11 is 3.47. The van der Waals surface area contributed by atoms with Crippen molar-refractivity contribution in [2.75, 3.05) is 23.8 Å². The maximum Gasteiger partial charge on any atom is 0.257 e. The molecule has 23 heavy (non-hydrogen) atoms. The number of anilines is 2. The summed E-state index contributed by atoms with van der Waals surface area (Å²) in [5.41, 5.74) is 2.44. The zero-order chi connectivity index (χ0) is 16.8. The van der Waals surface area contributed by atoms with E-state index in [4.69, 9.17) is 0 Å². The minimum absolute atomic E-state index is 0.156. The molecule has 0 unspecified atom stereocenters. The molecule has 2 aromatic rings. The largest absolute Gasteiger partial charge is 0.360 e. The Hall–Kier alpha value is -1.88. The molecule has 1 amide bonds. The average Bonchev–Trinajstić information content (AvgIpc) is 2.56. The molecular formula is C18H22BrN3O. The van der Waals surface area contributed by atoms with Crippen molar-refractivity contribution in [2.45, 2.75) is 26.7 Å². The third-order valence-electron chi connectivity index (χ3n) is 3.68. The molecule has 4 nitrogen and oxygen atoms in total. The molecule has 1 N–H and O–H groups in total. The first-order valence-corrected chi connectivity index (χ1v) is 8.55. The number of halogens is 1. The topological polar surface area (TPSA) is 45.2 Å². The number of hydrogen-bond donors (Lipinski definition) is 1. The van der Waals surface area contributed by atoms with Gasteiger partial charge in [-0.2, -0.15) is 0 Å². The lowest BCUT2D eigenvalue weighted by Crippen LogP contribution is -2.20. The molecule has 5 heteroatoms. The molecule has 0 aliphatic rings. The van der Waals surface area contributed by atoms with Crippen LogP contribution in [0.25, 0.3) is 0 Å². The van der Waals surface area contributed by atoms with Gasteiger partial charge in [0.1, 0.15) is 5.82 Å². The predicted octanol–water partition coefficient (Wildman–Crippen LogP) is 4.64. The SMILES string of the molecule is CCCCN(C)c1ccc(C(=O)Nc2ccc(C)c(Br)c2)cn1. The molecule has 1 heterocycles. The van der Waals surface area contributed by atoms with Crippen molar-refractivity contribution in [3.05, 3.63) is 52.1 Å². The van der Waals surface area contributed by atoms with Gasteiger partial charge in [-0.25, -0.2) is 4.98 Å². The Balaban J connectivity index is 2.03. The van der Waals surface area contributed by atoms with Crippen LogP contribution in [0.3, 0.4) is 0 Å². The number of aromatic nitrogens is 1. The van der Waals surface area contributed by atoms with E-state index in [0.717, 1.165) is 40.9 Å². The minimum Gasteiger partial charge on any atom is -0.360 e. The lowest BCUT2D eigenvalue weighted by molar-refractivity contribution is 0.102. The number of amides is 1. The van der Waals surface area contributed by atoms with Crippen molar-refractivity contribution in [3.8, 4) is 0 Å². The highest BCUT2D eigenvalue weighted by Crippen LogP contribution is 2.21. The molecule has 0 radical (unpaired) electrons.